The normalized spacial score (nSPS) is 12.0. The minimum atomic E-state index is -0.719. The first-order valence-electron chi connectivity index (χ1n) is 8.73. The van der Waals surface area contributed by atoms with Gasteiger partial charge in [0.1, 0.15) is 16.2 Å². The molecule has 0 fully saturated rings. The van der Waals surface area contributed by atoms with Crippen LogP contribution in [0.4, 0.5) is 5.69 Å². The quantitative estimate of drug-likeness (QED) is 0.414. The molecule has 0 saturated heterocycles. The number of amides is 1. The number of aliphatic hydroxyl groups excluding tert-OH is 1. The first-order valence-corrected chi connectivity index (χ1v) is 10.6. The molecule has 2 heterocycles. The number of aliphatic hydroxyl groups is 1. The van der Waals surface area contributed by atoms with E-state index in [2.05, 4.69) is 10.3 Å². The van der Waals surface area contributed by atoms with E-state index in [9.17, 15) is 14.7 Å². The van der Waals surface area contributed by atoms with Gasteiger partial charge in [-0.2, -0.15) is 0 Å². The number of thiophene rings is 1. The van der Waals surface area contributed by atoms with E-state index in [1.165, 1.54) is 23.0 Å². The molecule has 3 aromatic rings. The molecule has 154 valence electrons. The molecule has 8 nitrogen and oxygen atoms in total. The Kier molecular flexibility index (Phi) is 6.78. The first kappa shape index (κ1) is 21.2. The Labute approximate surface area is 175 Å². The fourth-order valence-corrected chi connectivity index (χ4v) is 4.26. The summed E-state index contributed by atoms with van der Waals surface area (Å²) in [7, 11) is 3.06. The number of carbonyl (C=O) groups excluding carboxylic acids is 1. The van der Waals surface area contributed by atoms with Gasteiger partial charge >= 0.3 is 0 Å². The summed E-state index contributed by atoms with van der Waals surface area (Å²) in [5.41, 5.74) is 0.883. The zero-order valence-electron chi connectivity index (χ0n) is 16.2. The molecule has 0 spiro atoms. The highest BCUT2D eigenvalue weighted by Crippen LogP contribution is 2.29. The molecule has 10 heteroatoms. The van der Waals surface area contributed by atoms with Gasteiger partial charge in [-0.3, -0.25) is 14.2 Å². The summed E-state index contributed by atoms with van der Waals surface area (Å²) < 4.78 is 12.4. The number of rotatable bonds is 8. The molecule has 3 rings (SSSR count). The van der Waals surface area contributed by atoms with Crippen molar-refractivity contribution in [1.29, 1.82) is 0 Å². The van der Waals surface area contributed by atoms with Crippen molar-refractivity contribution in [1.82, 2.24) is 9.55 Å². The summed E-state index contributed by atoms with van der Waals surface area (Å²) in [5.74, 6) is 0.856. The number of ether oxygens (including phenoxy) is 2. The lowest BCUT2D eigenvalue weighted by Crippen LogP contribution is -2.27. The zero-order chi connectivity index (χ0) is 21.0. The number of thioether (sulfide) groups is 1. The number of methoxy groups -OCH3 is 2. The van der Waals surface area contributed by atoms with Gasteiger partial charge in [-0.25, -0.2) is 4.98 Å². The van der Waals surface area contributed by atoms with Crippen LogP contribution in [0.3, 0.4) is 0 Å². The molecular weight excluding hydrogens is 414 g/mol. The van der Waals surface area contributed by atoms with Crippen molar-refractivity contribution in [3.05, 3.63) is 40.0 Å². The number of anilines is 1. The zero-order valence-corrected chi connectivity index (χ0v) is 17.8. The van der Waals surface area contributed by atoms with Crippen LogP contribution in [-0.2, 0) is 11.3 Å². The Morgan fingerprint density at radius 2 is 2.14 bits per heavy atom. The minimum Gasteiger partial charge on any atom is -0.497 e. The molecule has 2 aromatic heterocycles. The molecule has 0 aliphatic heterocycles. The molecule has 0 radical (unpaired) electrons. The van der Waals surface area contributed by atoms with Crippen LogP contribution in [0.5, 0.6) is 11.5 Å². The number of benzene rings is 1. The SMILES string of the molecule is COc1ccc(NC(=O)CSc2nc3ccsc3c(=O)n2C[C@@H](C)O)c(OC)c1. The lowest BCUT2D eigenvalue weighted by Gasteiger charge is -2.14. The summed E-state index contributed by atoms with van der Waals surface area (Å²) in [5, 5.41) is 14.7. The van der Waals surface area contributed by atoms with E-state index >= 15 is 0 Å². The van der Waals surface area contributed by atoms with Gasteiger partial charge in [0, 0.05) is 6.07 Å². The van der Waals surface area contributed by atoms with Gasteiger partial charge in [0.05, 0.1) is 43.8 Å². The molecule has 2 N–H and O–H groups in total. The second-order valence-electron chi connectivity index (χ2n) is 6.20. The highest BCUT2D eigenvalue weighted by atomic mass is 32.2. The van der Waals surface area contributed by atoms with E-state index in [1.807, 2.05) is 0 Å². The van der Waals surface area contributed by atoms with Crippen LogP contribution < -0.4 is 20.3 Å². The van der Waals surface area contributed by atoms with E-state index in [0.29, 0.717) is 32.6 Å². The number of hydrogen-bond acceptors (Lipinski definition) is 8. The molecule has 29 heavy (non-hydrogen) atoms. The Morgan fingerprint density at radius 3 is 2.83 bits per heavy atom. The number of nitrogens with one attached hydrogen (secondary N) is 1. The molecule has 1 aromatic carbocycles. The smallest absolute Gasteiger partial charge is 0.272 e. The standard InChI is InChI=1S/C19H21N3O5S2/c1-11(23)9-22-18(25)17-14(6-7-28-17)21-19(22)29-10-16(24)20-13-5-4-12(26-2)8-15(13)27-3/h4-8,11,23H,9-10H2,1-3H3,(H,20,24)/t11-/m1/s1. The lowest BCUT2D eigenvalue weighted by atomic mass is 10.2. The molecular formula is C19H21N3O5S2. The average molecular weight is 436 g/mol. The number of fused-ring (bicyclic) bond motifs is 1. The molecule has 0 bridgehead atoms. The topological polar surface area (TPSA) is 103 Å². The summed E-state index contributed by atoms with van der Waals surface area (Å²) in [6.07, 6.45) is -0.719. The van der Waals surface area contributed by atoms with Crippen LogP contribution in [0.15, 0.2) is 39.6 Å². The summed E-state index contributed by atoms with van der Waals surface area (Å²) in [6.45, 7) is 1.71. The van der Waals surface area contributed by atoms with Crippen LogP contribution in [0.25, 0.3) is 10.2 Å². The summed E-state index contributed by atoms with van der Waals surface area (Å²) in [4.78, 5) is 29.7. The van der Waals surface area contributed by atoms with Crippen molar-refractivity contribution in [3.8, 4) is 11.5 Å². The number of hydrogen-bond donors (Lipinski definition) is 2. The first-order chi connectivity index (χ1) is 13.9. The highest BCUT2D eigenvalue weighted by Gasteiger charge is 2.16. The highest BCUT2D eigenvalue weighted by molar-refractivity contribution is 7.99. The predicted molar refractivity (Wildman–Crippen MR) is 114 cm³/mol. The summed E-state index contributed by atoms with van der Waals surface area (Å²) in [6, 6.07) is 6.85. The number of nitrogens with zero attached hydrogens (tertiary/aromatic N) is 2. The average Bonchev–Trinajstić information content (AvgIpc) is 3.17. The molecule has 1 amide bonds. The van der Waals surface area contributed by atoms with Crippen molar-refractivity contribution in [2.24, 2.45) is 0 Å². The number of carbonyl (C=O) groups is 1. The van der Waals surface area contributed by atoms with Crippen LogP contribution in [0.1, 0.15) is 6.92 Å². The Balaban J connectivity index is 1.78. The van der Waals surface area contributed by atoms with Gasteiger partial charge in [-0.15, -0.1) is 11.3 Å². The van der Waals surface area contributed by atoms with Gasteiger partial charge in [-0.05, 0) is 30.5 Å². The van der Waals surface area contributed by atoms with E-state index in [-0.39, 0.29) is 23.8 Å². The third-order valence-corrected chi connectivity index (χ3v) is 5.86. The van der Waals surface area contributed by atoms with Crippen LogP contribution >= 0.6 is 23.1 Å². The van der Waals surface area contributed by atoms with Crippen LogP contribution in [0, 0.1) is 0 Å². The van der Waals surface area contributed by atoms with Gasteiger partial charge in [0.2, 0.25) is 5.91 Å². The van der Waals surface area contributed by atoms with Crippen molar-refractivity contribution in [2.45, 2.75) is 24.7 Å². The lowest BCUT2D eigenvalue weighted by molar-refractivity contribution is -0.113. The molecule has 0 aliphatic rings. The van der Waals surface area contributed by atoms with Crippen molar-refractivity contribution >= 4 is 44.9 Å². The van der Waals surface area contributed by atoms with Crippen LogP contribution in [-0.4, -0.2) is 46.6 Å². The third-order valence-electron chi connectivity index (χ3n) is 3.99. The van der Waals surface area contributed by atoms with Crippen LogP contribution in [0.2, 0.25) is 0 Å². The van der Waals surface area contributed by atoms with E-state index in [1.54, 1.807) is 43.7 Å². The Bertz CT molecular complexity index is 1080. The summed E-state index contributed by atoms with van der Waals surface area (Å²) >= 11 is 2.44. The van der Waals surface area contributed by atoms with Crippen molar-refractivity contribution in [3.63, 3.8) is 0 Å². The Hall–Kier alpha value is -2.56. The fraction of sp³-hybridized carbons (Fsp3) is 0.316. The molecule has 0 saturated carbocycles. The maximum Gasteiger partial charge on any atom is 0.272 e. The second-order valence-corrected chi connectivity index (χ2v) is 8.06. The predicted octanol–water partition coefficient (Wildman–Crippen LogP) is 2.59. The maximum atomic E-state index is 12.7. The van der Waals surface area contributed by atoms with E-state index < -0.39 is 6.10 Å². The third kappa shape index (κ3) is 4.89. The molecule has 0 aliphatic carbocycles. The molecule has 1 atom stereocenters. The van der Waals surface area contributed by atoms with Crippen molar-refractivity contribution < 1.29 is 19.4 Å². The van der Waals surface area contributed by atoms with E-state index in [4.69, 9.17) is 9.47 Å². The van der Waals surface area contributed by atoms with Gasteiger partial charge < -0.3 is 19.9 Å². The van der Waals surface area contributed by atoms with Gasteiger partial charge in [-0.1, -0.05) is 11.8 Å². The maximum absolute atomic E-state index is 12.7. The minimum absolute atomic E-state index is 0.0388. The molecule has 0 unspecified atom stereocenters. The Morgan fingerprint density at radius 1 is 1.34 bits per heavy atom. The van der Waals surface area contributed by atoms with Gasteiger partial charge in [0.15, 0.2) is 5.16 Å². The largest absolute Gasteiger partial charge is 0.497 e. The number of aromatic nitrogens is 2. The van der Waals surface area contributed by atoms with E-state index in [0.717, 1.165) is 11.8 Å². The van der Waals surface area contributed by atoms with Gasteiger partial charge in [0.25, 0.3) is 5.56 Å². The van der Waals surface area contributed by atoms with Crippen molar-refractivity contribution in [2.75, 3.05) is 25.3 Å². The second kappa shape index (κ2) is 9.29. The fourth-order valence-electron chi connectivity index (χ4n) is 2.68. The monoisotopic (exact) mass is 435 g/mol.